The maximum Gasteiger partial charge on any atom is 0.123 e. The van der Waals surface area contributed by atoms with Crippen molar-refractivity contribution in [2.45, 2.75) is 25.9 Å². The summed E-state index contributed by atoms with van der Waals surface area (Å²) in [4.78, 5) is 2.36. The van der Waals surface area contributed by atoms with Gasteiger partial charge in [0.1, 0.15) is 5.82 Å². The second kappa shape index (κ2) is 4.93. The van der Waals surface area contributed by atoms with Gasteiger partial charge in [-0.05, 0) is 31.5 Å². The van der Waals surface area contributed by atoms with Crippen LogP contribution in [0.1, 0.15) is 25.5 Å². The molecule has 0 aliphatic carbocycles. The van der Waals surface area contributed by atoms with Crippen LogP contribution in [0.4, 0.5) is 4.39 Å². The first kappa shape index (κ1) is 11.6. The van der Waals surface area contributed by atoms with Crippen LogP contribution >= 0.6 is 0 Å². The van der Waals surface area contributed by atoms with Gasteiger partial charge in [0.25, 0.3) is 0 Å². The summed E-state index contributed by atoms with van der Waals surface area (Å²) in [7, 11) is 0. The Labute approximate surface area is 96.0 Å². The highest BCUT2D eigenvalue weighted by Crippen LogP contribution is 2.24. The lowest BCUT2D eigenvalue weighted by atomic mass is 10.0. The molecular weight excluding hydrogens is 205 g/mol. The first-order valence-electron chi connectivity index (χ1n) is 5.77. The summed E-state index contributed by atoms with van der Waals surface area (Å²) >= 11 is 0. The molecule has 88 valence electrons. The standard InChI is InChI=1S/C13H18FNO/c1-10-9-16-7-6-15(10)11(2)12-4-3-5-13(14)8-12/h3-5,8,10-11H,6-7,9H2,1-2H3/t10-,11?/m0/s1. The third-order valence-corrected chi connectivity index (χ3v) is 3.25. The van der Waals surface area contributed by atoms with Gasteiger partial charge < -0.3 is 4.74 Å². The van der Waals surface area contributed by atoms with Gasteiger partial charge in [0.15, 0.2) is 0 Å². The molecule has 2 nitrogen and oxygen atoms in total. The van der Waals surface area contributed by atoms with Crippen molar-refractivity contribution in [1.82, 2.24) is 4.90 Å². The van der Waals surface area contributed by atoms with E-state index in [1.165, 1.54) is 6.07 Å². The summed E-state index contributed by atoms with van der Waals surface area (Å²) in [5.41, 5.74) is 1.04. The van der Waals surface area contributed by atoms with Crippen LogP contribution in [-0.2, 0) is 4.74 Å². The predicted molar refractivity (Wildman–Crippen MR) is 61.8 cm³/mol. The Morgan fingerprint density at radius 3 is 3.00 bits per heavy atom. The van der Waals surface area contributed by atoms with Crippen molar-refractivity contribution in [2.75, 3.05) is 19.8 Å². The van der Waals surface area contributed by atoms with Crippen LogP contribution in [0.25, 0.3) is 0 Å². The van der Waals surface area contributed by atoms with Crippen molar-refractivity contribution in [2.24, 2.45) is 0 Å². The van der Waals surface area contributed by atoms with Crippen molar-refractivity contribution in [3.05, 3.63) is 35.6 Å². The molecule has 1 saturated heterocycles. The van der Waals surface area contributed by atoms with E-state index in [9.17, 15) is 4.39 Å². The van der Waals surface area contributed by atoms with Gasteiger partial charge in [-0.15, -0.1) is 0 Å². The quantitative estimate of drug-likeness (QED) is 0.764. The first-order valence-corrected chi connectivity index (χ1v) is 5.77. The Hall–Kier alpha value is -0.930. The lowest BCUT2D eigenvalue weighted by Gasteiger charge is -2.38. The highest BCUT2D eigenvalue weighted by Gasteiger charge is 2.24. The van der Waals surface area contributed by atoms with E-state index in [1.807, 2.05) is 6.07 Å². The fourth-order valence-electron chi connectivity index (χ4n) is 2.27. The van der Waals surface area contributed by atoms with Crippen LogP contribution in [0.15, 0.2) is 24.3 Å². The molecule has 0 radical (unpaired) electrons. The zero-order valence-corrected chi connectivity index (χ0v) is 9.82. The molecule has 0 aromatic heterocycles. The van der Waals surface area contributed by atoms with Crippen molar-refractivity contribution in [3.8, 4) is 0 Å². The monoisotopic (exact) mass is 223 g/mol. The van der Waals surface area contributed by atoms with E-state index < -0.39 is 0 Å². The number of morpholine rings is 1. The topological polar surface area (TPSA) is 12.5 Å². The fraction of sp³-hybridized carbons (Fsp3) is 0.538. The van der Waals surface area contributed by atoms with E-state index in [-0.39, 0.29) is 11.9 Å². The fourth-order valence-corrected chi connectivity index (χ4v) is 2.27. The summed E-state index contributed by atoms with van der Waals surface area (Å²) in [6.45, 7) is 6.72. The Bertz CT molecular complexity index is 356. The molecule has 1 aromatic carbocycles. The minimum Gasteiger partial charge on any atom is -0.379 e. The first-order chi connectivity index (χ1) is 7.68. The van der Waals surface area contributed by atoms with Gasteiger partial charge in [0.05, 0.1) is 13.2 Å². The normalized spacial score (nSPS) is 24.3. The van der Waals surface area contributed by atoms with Gasteiger partial charge in [-0.2, -0.15) is 0 Å². The predicted octanol–water partition coefficient (Wildman–Crippen LogP) is 2.61. The molecule has 3 heteroatoms. The van der Waals surface area contributed by atoms with Crippen molar-refractivity contribution in [3.63, 3.8) is 0 Å². The summed E-state index contributed by atoms with van der Waals surface area (Å²) in [5, 5.41) is 0. The second-order valence-corrected chi connectivity index (χ2v) is 4.39. The van der Waals surface area contributed by atoms with Crippen LogP contribution in [0, 0.1) is 5.82 Å². The maximum atomic E-state index is 13.1. The lowest BCUT2D eigenvalue weighted by molar-refractivity contribution is -0.0191. The molecule has 16 heavy (non-hydrogen) atoms. The summed E-state index contributed by atoms with van der Waals surface area (Å²) in [6.07, 6.45) is 0. The Morgan fingerprint density at radius 1 is 1.50 bits per heavy atom. The molecule has 1 unspecified atom stereocenters. The van der Waals surface area contributed by atoms with Gasteiger partial charge in [0.2, 0.25) is 0 Å². The lowest BCUT2D eigenvalue weighted by Crippen LogP contribution is -2.44. The minimum atomic E-state index is -0.162. The molecule has 1 aliphatic heterocycles. The molecule has 2 atom stereocenters. The third-order valence-electron chi connectivity index (χ3n) is 3.25. The molecule has 0 saturated carbocycles. The minimum absolute atomic E-state index is 0.162. The summed E-state index contributed by atoms with van der Waals surface area (Å²) in [6, 6.07) is 7.50. The highest BCUT2D eigenvalue weighted by molar-refractivity contribution is 5.20. The number of hydrogen-bond acceptors (Lipinski definition) is 2. The summed E-state index contributed by atoms with van der Waals surface area (Å²) in [5.74, 6) is -0.162. The number of hydrogen-bond donors (Lipinski definition) is 0. The number of benzene rings is 1. The van der Waals surface area contributed by atoms with Crippen LogP contribution < -0.4 is 0 Å². The SMILES string of the molecule is CC(c1cccc(F)c1)N1CCOC[C@@H]1C. The Kier molecular flexibility index (Phi) is 3.56. The van der Waals surface area contributed by atoms with Gasteiger partial charge in [-0.3, -0.25) is 4.90 Å². The average Bonchev–Trinajstić information content (AvgIpc) is 2.29. The summed E-state index contributed by atoms with van der Waals surface area (Å²) < 4.78 is 18.6. The van der Waals surface area contributed by atoms with Gasteiger partial charge in [0, 0.05) is 18.6 Å². The molecule has 0 spiro atoms. The largest absolute Gasteiger partial charge is 0.379 e. The van der Waals surface area contributed by atoms with E-state index in [2.05, 4.69) is 18.7 Å². The second-order valence-electron chi connectivity index (χ2n) is 4.39. The molecule has 1 heterocycles. The molecule has 1 aliphatic rings. The molecule has 1 fully saturated rings. The number of halogens is 1. The zero-order valence-electron chi connectivity index (χ0n) is 9.82. The molecule has 2 rings (SSSR count). The van der Waals surface area contributed by atoms with E-state index in [1.54, 1.807) is 12.1 Å². The smallest absolute Gasteiger partial charge is 0.123 e. The maximum absolute atomic E-state index is 13.1. The van der Waals surface area contributed by atoms with Gasteiger partial charge in [-0.1, -0.05) is 12.1 Å². The van der Waals surface area contributed by atoms with Gasteiger partial charge >= 0.3 is 0 Å². The van der Waals surface area contributed by atoms with E-state index >= 15 is 0 Å². The zero-order chi connectivity index (χ0) is 11.5. The molecule has 0 N–H and O–H groups in total. The molecule has 0 bridgehead atoms. The third kappa shape index (κ3) is 2.42. The van der Waals surface area contributed by atoms with Crippen molar-refractivity contribution >= 4 is 0 Å². The average molecular weight is 223 g/mol. The Morgan fingerprint density at radius 2 is 2.31 bits per heavy atom. The molecule has 1 aromatic rings. The van der Waals surface area contributed by atoms with E-state index in [4.69, 9.17) is 4.74 Å². The van der Waals surface area contributed by atoms with E-state index in [0.717, 1.165) is 25.3 Å². The van der Waals surface area contributed by atoms with E-state index in [0.29, 0.717) is 6.04 Å². The van der Waals surface area contributed by atoms with Crippen molar-refractivity contribution < 1.29 is 9.13 Å². The molecule has 0 amide bonds. The van der Waals surface area contributed by atoms with Gasteiger partial charge in [-0.25, -0.2) is 4.39 Å². The van der Waals surface area contributed by atoms with Crippen LogP contribution in [0.2, 0.25) is 0 Å². The van der Waals surface area contributed by atoms with Crippen LogP contribution in [0.5, 0.6) is 0 Å². The number of nitrogens with zero attached hydrogens (tertiary/aromatic N) is 1. The van der Waals surface area contributed by atoms with Crippen molar-refractivity contribution in [1.29, 1.82) is 0 Å². The highest BCUT2D eigenvalue weighted by atomic mass is 19.1. The molecular formula is C13H18FNO. The number of rotatable bonds is 2. The number of ether oxygens (including phenoxy) is 1. The van der Waals surface area contributed by atoms with Crippen LogP contribution in [-0.4, -0.2) is 30.7 Å². The van der Waals surface area contributed by atoms with Crippen LogP contribution in [0.3, 0.4) is 0 Å². The Balaban J connectivity index is 2.14.